The fourth-order valence-corrected chi connectivity index (χ4v) is 3.78. The molecule has 0 aromatic heterocycles. The van der Waals surface area contributed by atoms with Crippen molar-refractivity contribution >= 4 is 40.5 Å². The molecule has 1 N–H and O–H groups in total. The van der Waals surface area contributed by atoms with E-state index in [2.05, 4.69) is 34.7 Å². The number of nitrogens with zero attached hydrogens (tertiary/aromatic N) is 1. The van der Waals surface area contributed by atoms with Crippen LogP contribution in [0.25, 0.3) is 0 Å². The highest BCUT2D eigenvalue weighted by atomic mass is 35.5. The summed E-state index contributed by atoms with van der Waals surface area (Å²) in [5.41, 5.74) is 3.61. The minimum absolute atomic E-state index is 0.357. The van der Waals surface area contributed by atoms with Crippen molar-refractivity contribution in [3.8, 4) is 0 Å². The van der Waals surface area contributed by atoms with Gasteiger partial charge in [-0.15, -0.1) is 0 Å². The van der Waals surface area contributed by atoms with Gasteiger partial charge >= 0.3 is 0 Å². The highest BCUT2D eigenvalue weighted by molar-refractivity contribution is 6.48. The van der Waals surface area contributed by atoms with Crippen LogP contribution in [0.3, 0.4) is 0 Å². The summed E-state index contributed by atoms with van der Waals surface area (Å²) in [6.07, 6.45) is 0.644. The Morgan fingerprint density at radius 2 is 1.72 bits per heavy atom. The smallest absolute Gasteiger partial charge is 0.165 e. The van der Waals surface area contributed by atoms with Crippen molar-refractivity contribution in [3.05, 3.63) is 68.2 Å². The molecule has 2 aromatic rings. The Balaban J connectivity index is 1.55. The molecule has 2 heterocycles. The van der Waals surface area contributed by atoms with Crippen LogP contribution >= 0.6 is 34.8 Å². The molecule has 0 radical (unpaired) electrons. The molecule has 2 aliphatic heterocycles. The number of rotatable bonds is 3. The Kier molecular flexibility index (Phi) is 4.45. The van der Waals surface area contributed by atoms with Gasteiger partial charge in [0.05, 0.1) is 20.8 Å². The van der Waals surface area contributed by atoms with E-state index in [-0.39, 0.29) is 0 Å². The third-order valence-electron chi connectivity index (χ3n) is 4.95. The third kappa shape index (κ3) is 3.15. The molecule has 1 unspecified atom stereocenters. The lowest BCUT2D eigenvalue weighted by molar-refractivity contribution is -0.00737. The maximum Gasteiger partial charge on any atom is 0.165 e. The molecule has 0 aliphatic carbocycles. The van der Waals surface area contributed by atoms with Crippen molar-refractivity contribution in [2.24, 2.45) is 5.16 Å². The van der Waals surface area contributed by atoms with E-state index in [1.165, 1.54) is 5.56 Å². The fourth-order valence-electron chi connectivity index (χ4n) is 3.18. The molecule has 3 nitrogen and oxygen atoms in total. The molecule has 1 saturated heterocycles. The zero-order valence-electron chi connectivity index (χ0n) is 13.7. The number of hydrogen-bond donors (Lipinski definition) is 1. The summed E-state index contributed by atoms with van der Waals surface area (Å²) in [4.78, 5) is 5.77. The molecule has 130 valence electrons. The number of hydrogen-bond acceptors (Lipinski definition) is 3. The van der Waals surface area contributed by atoms with Crippen molar-refractivity contribution in [3.63, 3.8) is 0 Å². The Morgan fingerprint density at radius 3 is 2.28 bits per heavy atom. The van der Waals surface area contributed by atoms with Gasteiger partial charge in [-0.3, -0.25) is 0 Å². The summed E-state index contributed by atoms with van der Waals surface area (Å²) >= 11 is 18.4. The van der Waals surface area contributed by atoms with Crippen molar-refractivity contribution in [1.82, 2.24) is 5.32 Å². The largest absolute Gasteiger partial charge is 0.384 e. The molecule has 4 rings (SSSR count). The van der Waals surface area contributed by atoms with Crippen molar-refractivity contribution < 1.29 is 4.84 Å². The molecule has 1 atom stereocenters. The van der Waals surface area contributed by atoms with Crippen LogP contribution in [0.5, 0.6) is 0 Å². The van der Waals surface area contributed by atoms with E-state index in [9.17, 15) is 0 Å². The van der Waals surface area contributed by atoms with Crippen molar-refractivity contribution in [1.29, 1.82) is 0 Å². The van der Waals surface area contributed by atoms with Crippen LogP contribution in [-0.4, -0.2) is 18.8 Å². The van der Waals surface area contributed by atoms with Crippen LogP contribution in [0.15, 0.2) is 41.6 Å². The van der Waals surface area contributed by atoms with E-state index in [1.54, 1.807) is 12.1 Å². The average molecular weight is 396 g/mol. The molecule has 6 heteroatoms. The first-order valence-electron chi connectivity index (χ1n) is 8.17. The second-order valence-electron chi connectivity index (χ2n) is 6.77. The summed E-state index contributed by atoms with van der Waals surface area (Å²) in [5.74, 6) is 0.624. The van der Waals surface area contributed by atoms with E-state index in [0.717, 1.165) is 29.9 Å². The van der Waals surface area contributed by atoms with Gasteiger partial charge in [-0.25, -0.2) is 0 Å². The molecule has 2 aliphatic rings. The molecule has 25 heavy (non-hydrogen) atoms. The molecule has 0 spiro atoms. The van der Waals surface area contributed by atoms with Crippen LogP contribution in [0.2, 0.25) is 15.1 Å². The topological polar surface area (TPSA) is 33.6 Å². The third-order valence-corrected chi connectivity index (χ3v) is 6.15. The Morgan fingerprint density at radius 1 is 1.08 bits per heavy atom. The molecular weight excluding hydrogens is 379 g/mol. The van der Waals surface area contributed by atoms with Gasteiger partial charge in [0.15, 0.2) is 5.60 Å². The normalized spacial score (nSPS) is 23.1. The molecule has 0 bridgehead atoms. The van der Waals surface area contributed by atoms with Gasteiger partial charge in [-0.2, -0.15) is 0 Å². The van der Waals surface area contributed by atoms with Crippen LogP contribution in [0.4, 0.5) is 0 Å². The summed E-state index contributed by atoms with van der Waals surface area (Å²) < 4.78 is 0. The minimum Gasteiger partial charge on any atom is -0.384 e. The monoisotopic (exact) mass is 394 g/mol. The van der Waals surface area contributed by atoms with Gasteiger partial charge in [0.25, 0.3) is 0 Å². The van der Waals surface area contributed by atoms with Gasteiger partial charge in [0.1, 0.15) is 0 Å². The van der Waals surface area contributed by atoms with E-state index in [0.29, 0.717) is 27.4 Å². The molecule has 0 saturated carbocycles. The first-order chi connectivity index (χ1) is 12.0. The molecule has 1 fully saturated rings. The maximum atomic E-state index is 6.16. The van der Waals surface area contributed by atoms with E-state index in [4.69, 9.17) is 39.6 Å². The summed E-state index contributed by atoms with van der Waals surface area (Å²) in [5, 5.41) is 8.80. The quantitative estimate of drug-likeness (QED) is 0.708. The Bertz CT molecular complexity index is 823. The Labute approximate surface area is 161 Å². The van der Waals surface area contributed by atoms with Crippen LogP contribution in [0.1, 0.15) is 36.0 Å². The number of benzene rings is 2. The fraction of sp³-hybridized carbons (Fsp3) is 0.316. The minimum atomic E-state index is -0.607. The maximum absolute atomic E-state index is 6.16. The first kappa shape index (κ1) is 17.2. The van der Waals surface area contributed by atoms with Gasteiger partial charge in [-0.1, -0.05) is 64.2 Å². The number of oxime groups is 1. The molecule has 0 amide bonds. The standard InChI is InChI=1S/C19H17Cl3N2O/c1-19(14-6-15(20)18(22)16(21)7-14)8-17(24-25-19)12-4-2-11(3-5-12)13-9-23-10-13/h2-7,13,23H,8-10H2,1H3. The highest BCUT2D eigenvalue weighted by Crippen LogP contribution is 2.41. The van der Waals surface area contributed by atoms with E-state index < -0.39 is 5.60 Å². The van der Waals surface area contributed by atoms with Crippen LogP contribution in [-0.2, 0) is 10.4 Å². The van der Waals surface area contributed by atoms with Gasteiger partial charge < -0.3 is 10.2 Å². The second-order valence-corrected chi connectivity index (χ2v) is 7.96. The van der Waals surface area contributed by atoms with Gasteiger partial charge in [0.2, 0.25) is 0 Å². The predicted molar refractivity (Wildman–Crippen MR) is 103 cm³/mol. The van der Waals surface area contributed by atoms with Crippen LogP contribution in [0, 0.1) is 0 Å². The zero-order chi connectivity index (χ0) is 17.6. The number of nitrogens with one attached hydrogen (secondary N) is 1. The zero-order valence-corrected chi connectivity index (χ0v) is 15.9. The lowest BCUT2D eigenvalue weighted by Gasteiger charge is -2.27. The first-order valence-corrected chi connectivity index (χ1v) is 9.31. The highest BCUT2D eigenvalue weighted by Gasteiger charge is 2.37. The lowest BCUT2D eigenvalue weighted by Crippen LogP contribution is -2.39. The van der Waals surface area contributed by atoms with Crippen molar-refractivity contribution in [2.75, 3.05) is 13.1 Å². The lowest BCUT2D eigenvalue weighted by atomic mass is 9.88. The van der Waals surface area contributed by atoms with Crippen molar-refractivity contribution in [2.45, 2.75) is 24.9 Å². The van der Waals surface area contributed by atoms with E-state index in [1.807, 2.05) is 6.92 Å². The predicted octanol–water partition coefficient (Wildman–Crippen LogP) is 5.37. The summed E-state index contributed by atoms with van der Waals surface area (Å²) in [6.45, 7) is 4.09. The van der Waals surface area contributed by atoms with Gasteiger partial charge in [-0.05, 0) is 30.2 Å². The van der Waals surface area contributed by atoms with Crippen LogP contribution < -0.4 is 5.32 Å². The average Bonchev–Trinajstić information content (AvgIpc) is 2.95. The number of halogens is 3. The van der Waals surface area contributed by atoms with Gasteiger partial charge in [0, 0.05) is 31.0 Å². The molecular formula is C19H17Cl3N2O. The molecule has 2 aromatic carbocycles. The Hall–Kier alpha value is -1.26. The van der Waals surface area contributed by atoms with E-state index >= 15 is 0 Å². The summed E-state index contributed by atoms with van der Waals surface area (Å²) in [7, 11) is 0. The SMILES string of the molecule is CC1(c2cc(Cl)c(Cl)c(Cl)c2)CC(c2ccc(C3CNC3)cc2)=NO1. The summed E-state index contributed by atoms with van der Waals surface area (Å²) in [6, 6.07) is 12.2. The second kappa shape index (κ2) is 6.48.